The molecule has 130 valence electrons. The van der Waals surface area contributed by atoms with Gasteiger partial charge in [0, 0.05) is 21.7 Å². The SMILES string of the molecule is O=C(/C=C/c1c(Cl)cccc1Cl)NNC(=O)C(=O)NCc1ccco1. The second-order valence-corrected chi connectivity index (χ2v) is 5.49. The van der Waals surface area contributed by atoms with E-state index in [9.17, 15) is 14.4 Å². The monoisotopic (exact) mass is 381 g/mol. The number of halogens is 2. The number of amides is 3. The van der Waals surface area contributed by atoms with Crippen LogP contribution in [0.2, 0.25) is 10.0 Å². The molecular formula is C16H13Cl2N3O4. The number of furan rings is 1. The first-order chi connectivity index (χ1) is 12.0. The van der Waals surface area contributed by atoms with E-state index in [0.717, 1.165) is 6.08 Å². The largest absolute Gasteiger partial charge is 0.467 e. The summed E-state index contributed by atoms with van der Waals surface area (Å²) < 4.78 is 5.01. The summed E-state index contributed by atoms with van der Waals surface area (Å²) in [5, 5.41) is 3.08. The summed E-state index contributed by atoms with van der Waals surface area (Å²) in [5.74, 6) is -2.12. The van der Waals surface area contributed by atoms with E-state index >= 15 is 0 Å². The van der Waals surface area contributed by atoms with Crippen molar-refractivity contribution in [1.29, 1.82) is 0 Å². The Labute approximate surface area is 152 Å². The van der Waals surface area contributed by atoms with Gasteiger partial charge in [-0.3, -0.25) is 25.2 Å². The zero-order valence-electron chi connectivity index (χ0n) is 12.7. The molecule has 1 aromatic carbocycles. The molecule has 9 heteroatoms. The molecule has 0 atom stereocenters. The van der Waals surface area contributed by atoms with E-state index in [2.05, 4.69) is 10.7 Å². The van der Waals surface area contributed by atoms with E-state index < -0.39 is 17.7 Å². The Morgan fingerprint density at radius 1 is 1.00 bits per heavy atom. The van der Waals surface area contributed by atoms with Crippen LogP contribution in [0.1, 0.15) is 11.3 Å². The summed E-state index contributed by atoms with van der Waals surface area (Å²) >= 11 is 11.9. The van der Waals surface area contributed by atoms with Crippen LogP contribution in [0.25, 0.3) is 6.08 Å². The minimum Gasteiger partial charge on any atom is -0.467 e. The smallest absolute Gasteiger partial charge is 0.327 e. The molecule has 0 saturated heterocycles. The number of hydrogen-bond acceptors (Lipinski definition) is 4. The Balaban J connectivity index is 1.79. The van der Waals surface area contributed by atoms with E-state index in [0.29, 0.717) is 21.4 Å². The summed E-state index contributed by atoms with van der Waals surface area (Å²) in [6.45, 7) is 0.0537. The summed E-state index contributed by atoms with van der Waals surface area (Å²) in [5.41, 5.74) is 4.51. The summed E-state index contributed by atoms with van der Waals surface area (Å²) in [7, 11) is 0. The van der Waals surface area contributed by atoms with Crippen molar-refractivity contribution in [3.05, 3.63) is 64.0 Å². The maximum Gasteiger partial charge on any atom is 0.327 e. The third kappa shape index (κ3) is 5.66. The van der Waals surface area contributed by atoms with Crippen LogP contribution in [0, 0.1) is 0 Å². The van der Waals surface area contributed by atoms with Crippen LogP contribution in [-0.2, 0) is 20.9 Å². The fraction of sp³-hybridized carbons (Fsp3) is 0.0625. The fourth-order valence-electron chi connectivity index (χ4n) is 1.71. The summed E-state index contributed by atoms with van der Waals surface area (Å²) in [6, 6.07) is 8.21. The molecule has 0 spiro atoms. The predicted molar refractivity (Wildman–Crippen MR) is 92.3 cm³/mol. The number of carbonyl (C=O) groups is 3. The quantitative estimate of drug-likeness (QED) is 0.428. The van der Waals surface area contributed by atoms with Crippen LogP contribution in [0.5, 0.6) is 0 Å². The highest BCUT2D eigenvalue weighted by Gasteiger charge is 2.13. The molecule has 2 rings (SSSR count). The van der Waals surface area contributed by atoms with E-state index in [-0.39, 0.29) is 6.54 Å². The summed E-state index contributed by atoms with van der Waals surface area (Å²) in [4.78, 5) is 34.8. The van der Waals surface area contributed by atoms with Gasteiger partial charge in [0.15, 0.2) is 0 Å². The lowest BCUT2D eigenvalue weighted by molar-refractivity contribution is -0.140. The number of carbonyl (C=O) groups excluding carboxylic acids is 3. The first kappa shape index (κ1) is 18.6. The van der Waals surface area contributed by atoms with Crippen molar-refractivity contribution in [3.8, 4) is 0 Å². The van der Waals surface area contributed by atoms with Crippen molar-refractivity contribution in [3.63, 3.8) is 0 Å². The Kier molecular flexibility index (Phi) is 6.62. The molecular weight excluding hydrogens is 369 g/mol. The number of nitrogens with one attached hydrogen (secondary N) is 3. The molecule has 7 nitrogen and oxygen atoms in total. The van der Waals surface area contributed by atoms with Gasteiger partial charge in [0.05, 0.1) is 12.8 Å². The topological polar surface area (TPSA) is 100 Å². The van der Waals surface area contributed by atoms with Crippen molar-refractivity contribution < 1.29 is 18.8 Å². The van der Waals surface area contributed by atoms with Gasteiger partial charge in [-0.05, 0) is 30.3 Å². The van der Waals surface area contributed by atoms with Crippen molar-refractivity contribution in [2.75, 3.05) is 0 Å². The second-order valence-electron chi connectivity index (χ2n) is 4.67. The number of benzene rings is 1. The van der Waals surface area contributed by atoms with Gasteiger partial charge in [0.2, 0.25) is 0 Å². The standard InChI is InChI=1S/C16H13Cl2N3O4/c17-12-4-1-5-13(18)11(12)6-7-14(22)20-21-16(24)15(23)19-9-10-3-2-8-25-10/h1-8H,9H2,(H,19,23)(H,20,22)(H,21,24)/b7-6+. The minimum atomic E-state index is -1.02. The lowest BCUT2D eigenvalue weighted by Crippen LogP contribution is -2.47. The van der Waals surface area contributed by atoms with Crippen molar-refractivity contribution in [2.24, 2.45) is 0 Å². The van der Waals surface area contributed by atoms with Crippen LogP contribution < -0.4 is 16.2 Å². The molecule has 0 unspecified atom stereocenters. The molecule has 0 fully saturated rings. The second kappa shape index (κ2) is 8.91. The molecule has 0 saturated carbocycles. The van der Waals surface area contributed by atoms with Gasteiger partial charge in [0.25, 0.3) is 5.91 Å². The van der Waals surface area contributed by atoms with E-state index in [1.165, 1.54) is 12.3 Å². The summed E-state index contributed by atoms with van der Waals surface area (Å²) in [6.07, 6.45) is 3.95. The average molecular weight is 382 g/mol. The molecule has 1 heterocycles. The van der Waals surface area contributed by atoms with Gasteiger partial charge in [-0.1, -0.05) is 29.3 Å². The third-order valence-electron chi connectivity index (χ3n) is 2.91. The van der Waals surface area contributed by atoms with Gasteiger partial charge in [-0.25, -0.2) is 0 Å². The molecule has 0 aliphatic heterocycles. The van der Waals surface area contributed by atoms with Crippen molar-refractivity contribution in [2.45, 2.75) is 6.54 Å². The number of hydrazine groups is 1. The molecule has 0 aliphatic rings. The molecule has 25 heavy (non-hydrogen) atoms. The molecule has 3 N–H and O–H groups in total. The zero-order valence-corrected chi connectivity index (χ0v) is 14.2. The Hall–Kier alpha value is -2.77. The van der Waals surface area contributed by atoms with E-state index in [1.807, 2.05) is 5.43 Å². The first-order valence-corrected chi connectivity index (χ1v) is 7.75. The lowest BCUT2D eigenvalue weighted by atomic mass is 10.2. The molecule has 0 bridgehead atoms. The van der Waals surface area contributed by atoms with Gasteiger partial charge in [-0.2, -0.15) is 0 Å². The third-order valence-corrected chi connectivity index (χ3v) is 3.57. The van der Waals surface area contributed by atoms with Crippen LogP contribution in [0.15, 0.2) is 47.1 Å². The van der Waals surface area contributed by atoms with Crippen LogP contribution in [0.3, 0.4) is 0 Å². The zero-order chi connectivity index (χ0) is 18.2. The normalized spacial score (nSPS) is 10.5. The Bertz CT molecular complexity index is 783. The highest BCUT2D eigenvalue weighted by molar-refractivity contribution is 6.37. The molecule has 0 radical (unpaired) electrons. The molecule has 0 aliphatic carbocycles. The van der Waals surface area contributed by atoms with Crippen LogP contribution in [0.4, 0.5) is 0 Å². The fourth-order valence-corrected chi connectivity index (χ4v) is 2.23. The van der Waals surface area contributed by atoms with Gasteiger partial charge >= 0.3 is 11.8 Å². The van der Waals surface area contributed by atoms with E-state index in [4.69, 9.17) is 27.6 Å². The van der Waals surface area contributed by atoms with E-state index in [1.54, 1.807) is 30.3 Å². The Morgan fingerprint density at radius 3 is 2.36 bits per heavy atom. The highest BCUT2D eigenvalue weighted by Crippen LogP contribution is 2.25. The molecule has 2 aromatic rings. The molecule has 1 aromatic heterocycles. The average Bonchev–Trinajstić information content (AvgIpc) is 3.10. The van der Waals surface area contributed by atoms with Crippen LogP contribution in [-0.4, -0.2) is 17.7 Å². The van der Waals surface area contributed by atoms with Gasteiger partial charge in [-0.15, -0.1) is 0 Å². The highest BCUT2D eigenvalue weighted by atomic mass is 35.5. The maximum atomic E-state index is 11.7. The number of rotatable bonds is 4. The van der Waals surface area contributed by atoms with Crippen molar-refractivity contribution >= 4 is 47.0 Å². The van der Waals surface area contributed by atoms with Crippen molar-refractivity contribution in [1.82, 2.24) is 16.2 Å². The van der Waals surface area contributed by atoms with Gasteiger partial charge in [0.1, 0.15) is 5.76 Å². The first-order valence-electron chi connectivity index (χ1n) is 7.00. The lowest BCUT2D eigenvalue weighted by Gasteiger charge is -2.06. The molecule has 3 amide bonds. The van der Waals surface area contributed by atoms with Crippen LogP contribution >= 0.6 is 23.2 Å². The predicted octanol–water partition coefficient (Wildman–Crippen LogP) is 2.06. The maximum absolute atomic E-state index is 11.7. The minimum absolute atomic E-state index is 0.0537. The number of hydrogen-bond donors (Lipinski definition) is 3. The Morgan fingerprint density at radius 2 is 1.72 bits per heavy atom. The van der Waals surface area contributed by atoms with Gasteiger partial charge < -0.3 is 9.73 Å².